The molecule has 0 radical (unpaired) electrons. The van der Waals surface area contributed by atoms with Gasteiger partial charge in [-0.05, 0) is 48.2 Å². The molecule has 0 aliphatic rings. The van der Waals surface area contributed by atoms with Gasteiger partial charge in [0, 0.05) is 12.3 Å². The van der Waals surface area contributed by atoms with Crippen LogP contribution in [0.15, 0.2) is 60.7 Å². The molecule has 0 unspecified atom stereocenters. The van der Waals surface area contributed by atoms with Gasteiger partial charge in [-0.1, -0.05) is 36.4 Å². The Bertz CT molecular complexity index is 567. The van der Waals surface area contributed by atoms with Crippen molar-refractivity contribution in [2.75, 3.05) is 0 Å². The zero-order chi connectivity index (χ0) is 15.8. The van der Waals surface area contributed by atoms with E-state index >= 15 is 0 Å². The molecule has 0 heterocycles. The van der Waals surface area contributed by atoms with Crippen molar-refractivity contribution in [1.29, 1.82) is 0 Å². The maximum absolute atomic E-state index is 10.3. The summed E-state index contributed by atoms with van der Waals surface area (Å²) >= 11 is 0. The van der Waals surface area contributed by atoms with Gasteiger partial charge in [-0.2, -0.15) is 0 Å². The van der Waals surface area contributed by atoms with Crippen LogP contribution in [-0.2, 0) is 4.79 Å². The predicted octanol–water partition coefficient (Wildman–Crippen LogP) is 4.16. The Morgan fingerprint density at radius 2 is 1.32 bits per heavy atom. The number of carbonyl (C=O) groups is 1. The molecule has 0 spiro atoms. The first-order chi connectivity index (χ1) is 10.7. The summed E-state index contributed by atoms with van der Waals surface area (Å²) in [7, 11) is 0. The highest BCUT2D eigenvalue weighted by atomic mass is 16.3. The SMILES string of the molecule is O=CCC=CCCC(c1ccc(O)cc1)c1ccc(O)cc1. The van der Waals surface area contributed by atoms with E-state index < -0.39 is 0 Å². The first-order valence-corrected chi connectivity index (χ1v) is 7.37. The van der Waals surface area contributed by atoms with Crippen LogP contribution in [0.1, 0.15) is 36.3 Å². The molecule has 0 fully saturated rings. The molecule has 2 N–H and O–H groups in total. The summed E-state index contributed by atoms with van der Waals surface area (Å²) < 4.78 is 0. The summed E-state index contributed by atoms with van der Waals surface area (Å²) in [6.45, 7) is 0. The molecule has 2 aromatic rings. The molecule has 0 aliphatic heterocycles. The molecule has 2 rings (SSSR count). The quantitative estimate of drug-likeness (QED) is 0.596. The normalized spacial score (nSPS) is 11.1. The Kier molecular flexibility index (Phi) is 5.78. The van der Waals surface area contributed by atoms with E-state index in [2.05, 4.69) is 0 Å². The molecule has 0 saturated carbocycles. The molecule has 0 atom stereocenters. The molecule has 0 saturated heterocycles. The Balaban J connectivity index is 2.18. The molecule has 22 heavy (non-hydrogen) atoms. The number of carbonyl (C=O) groups excluding carboxylic acids is 1. The highest BCUT2D eigenvalue weighted by Crippen LogP contribution is 2.31. The molecule has 0 aliphatic carbocycles. The maximum atomic E-state index is 10.3. The second kappa shape index (κ2) is 8.03. The zero-order valence-corrected chi connectivity index (χ0v) is 12.4. The summed E-state index contributed by atoms with van der Waals surface area (Å²) in [5, 5.41) is 18.9. The number of phenols is 2. The van der Waals surface area contributed by atoms with E-state index in [1.807, 2.05) is 36.4 Å². The van der Waals surface area contributed by atoms with Crippen LogP contribution in [0.4, 0.5) is 0 Å². The van der Waals surface area contributed by atoms with Crippen LogP contribution in [-0.4, -0.2) is 16.5 Å². The van der Waals surface area contributed by atoms with E-state index in [1.54, 1.807) is 24.3 Å². The monoisotopic (exact) mass is 296 g/mol. The lowest BCUT2D eigenvalue weighted by Crippen LogP contribution is -2.00. The Labute approximate surface area is 130 Å². The van der Waals surface area contributed by atoms with Crippen LogP contribution in [0, 0.1) is 0 Å². The smallest absolute Gasteiger partial charge is 0.123 e. The maximum Gasteiger partial charge on any atom is 0.123 e. The summed E-state index contributed by atoms with van der Waals surface area (Å²) in [6, 6.07) is 14.4. The highest BCUT2D eigenvalue weighted by Gasteiger charge is 2.13. The number of hydrogen-bond acceptors (Lipinski definition) is 3. The summed E-state index contributed by atoms with van der Waals surface area (Å²) in [5.41, 5.74) is 2.24. The third kappa shape index (κ3) is 4.48. The number of rotatable bonds is 7. The van der Waals surface area contributed by atoms with Crippen LogP contribution in [0.3, 0.4) is 0 Å². The van der Waals surface area contributed by atoms with E-state index in [9.17, 15) is 15.0 Å². The van der Waals surface area contributed by atoms with Crippen molar-refractivity contribution in [2.45, 2.75) is 25.2 Å². The minimum Gasteiger partial charge on any atom is -0.508 e. The van der Waals surface area contributed by atoms with Crippen LogP contribution in [0.25, 0.3) is 0 Å². The van der Waals surface area contributed by atoms with Gasteiger partial charge in [0.2, 0.25) is 0 Å². The van der Waals surface area contributed by atoms with Gasteiger partial charge in [0.05, 0.1) is 0 Å². The van der Waals surface area contributed by atoms with Gasteiger partial charge in [0.25, 0.3) is 0 Å². The molecule has 0 amide bonds. The van der Waals surface area contributed by atoms with E-state index in [1.165, 1.54) is 0 Å². The first-order valence-electron chi connectivity index (χ1n) is 7.37. The van der Waals surface area contributed by atoms with E-state index in [0.717, 1.165) is 30.3 Å². The molecular formula is C19H20O3. The second-order valence-corrected chi connectivity index (χ2v) is 5.19. The minimum absolute atomic E-state index is 0.182. The van der Waals surface area contributed by atoms with Crippen molar-refractivity contribution in [3.8, 4) is 11.5 Å². The Morgan fingerprint density at radius 1 is 0.818 bits per heavy atom. The topological polar surface area (TPSA) is 57.5 Å². The number of aldehydes is 1. The summed E-state index contributed by atoms with van der Waals surface area (Å²) in [4.78, 5) is 10.3. The van der Waals surface area contributed by atoms with Crippen molar-refractivity contribution < 1.29 is 15.0 Å². The van der Waals surface area contributed by atoms with Crippen LogP contribution in [0.2, 0.25) is 0 Å². The number of hydrogen-bond donors (Lipinski definition) is 2. The average Bonchev–Trinajstić information content (AvgIpc) is 2.53. The van der Waals surface area contributed by atoms with Crippen molar-refractivity contribution in [3.63, 3.8) is 0 Å². The standard InChI is InChI=1S/C19H20O3/c20-14-4-2-1-3-5-19(15-6-10-17(21)11-7-15)16-8-12-18(22)13-9-16/h1-2,6-14,19,21-22H,3-5H2. The largest absolute Gasteiger partial charge is 0.508 e. The van der Waals surface area contributed by atoms with Gasteiger partial charge < -0.3 is 15.0 Å². The van der Waals surface area contributed by atoms with Gasteiger partial charge in [0.15, 0.2) is 0 Å². The molecule has 2 aromatic carbocycles. The van der Waals surface area contributed by atoms with Crippen molar-refractivity contribution in [2.24, 2.45) is 0 Å². The third-order valence-electron chi connectivity index (χ3n) is 3.61. The Hall–Kier alpha value is -2.55. The van der Waals surface area contributed by atoms with Crippen molar-refractivity contribution >= 4 is 6.29 Å². The molecule has 0 aromatic heterocycles. The average molecular weight is 296 g/mol. The highest BCUT2D eigenvalue weighted by molar-refractivity contribution is 5.51. The molecular weight excluding hydrogens is 276 g/mol. The van der Waals surface area contributed by atoms with Crippen LogP contribution < -0.4 is 0 Å². The molecule has 3 nitrogen and oxygen atoms in total. The fourth-order valence-electron chi connectivity index (χ4n) is 2.47. The number of benzene rings is 2. The van der Waals surface area contributed by atoms with Gasteiger partial charge in [-0.3, -0.25) is 0 Å². The molecule has 114 valence electrons. The van der Waals surface area contributed by atoms with Gasteiger partial charge in [-0.25, -0.2) is 0 Å². The number of allylic oxidation sites excluding steroid dienone is 2. The predicted molar refractivity (Wildman–Crippen MR) is 87.1 cm³/mol. The number of aromatic hydroxyl groups is 2. The van der Waals surface area contributed by atoms with Gasteiger partial charge >= 0.3 is 0 Å². The van der Waals surface area contributed by atoms with Gasteiger partial charge in [0.1, 0.15) is 17.8 Å². The lowest BCUT2D eigenvalue weighted by molar-refractivity contribution is -0.107. The molecule has 0 bridgehead atoms. The van der Waals surface area contributed by atoms with E-state index in [0.29, 0.717) is 6.42 Å². The lowest BCUT2D eigenvalue weighted by Gasteiger charge is -2.17. The third-order valence-corrected chi connectivity index (χ3v) is 3.61. The van der Waals surface area contributed by atoms with E-state index in [-0.39, 0.29) is 17.4 Å². The second-order valence-electron chi connectivity index (χ2n) is 5.19. The minimum atomic E-state index is 0.182. The van der Waals surface area contributed by atoms with E-state index in [4.69, 9.17) is 0 Å². The fraction of sp³-hybridized carbons (Fsp3) is 0.211. The lowest BCUT2D eigenvalue weighted by atomic mass is 9.87. The summed E-state index contributed by atoms with van der Waals surface area (Å²) in [5.74, 6) is 0.681. The Morgan fingerprint density at radius 3 is 1.77 bits per heavy atom. The first kappa shape index (κ1) is 15.8. The van der Waals surface area contributed by atoms with Crippen LogP contribution >= 0.6 is 0 Å². The van der Waals surface area contributed by atoms with Crippen molar-refractivity contribution in [1.82, 2.24) is 0 Å². The van der Waals surface area contributed by atoms with Gasteiger partial charge in [-0.15, -0.1) is 0 Å². The zero-order valence-electron chi connectivity index (χ0n) is 12.4. The number of phenolic OH excluding ortho intramolecular Hbond substituents is 2. The summed E-state index contributed by atoms with van der Waals surface area (Å²) in [6.07, 6.45) is 6.97. The van der Waals surface area contributed by atoms with Crippen LogP contribution in [0.5, 0.6) is 11.5 Å². The van der Waals surface area contributed by atoms with Crippen molar-refractivity contribution in [3.05, 3.63) is 71.8 Å². The fourth-order valence-corrected chi connectivity index (χ4v) is 2.47. The molecule has 3 heteroatoms.